The predicted octanol–water partition coefficient (Wildman–Crippen LogP) is 2.80. The zero-order valence-corrected chi connectivity index (χ0v) is 16.4. The molecule has 0 bridgehead atoms. The normalized spacial score (nSPS) is 13.9. The number of nitrogens with one attached hydrogen (secondary N) is 3. The van der Waals surface area contributed by atoms with Gasteiger partial charge in [-0.2, -0.15) is 0 Å². The summed E-state index contributed by atoms with van der Waals surface area (Å²) in [4.78, 5) is 9.70. The third-order valence-corrected chi connectivity index (χ3v) is 4.93. The SMILES string of the molecule is CCNC(=NCC(C)(O)c1cccs1)NCCCCNc1ccccn1. The minimum Gasteiger partial charge on any atom is -0.383 e. The number of aromatic nitrogens is 1. The summed E-state index contributed by atoms with van der Waals surface area (Å²) in [5.41, 5.74) is -0.941. The monoisotopic (exact) mass is 375 g/mol. The molecule has 2 aromatic heterocycles. The Hall–Kier alpha value is -2.12. The van der Waals surface area contributed by atoms with Crippen molar-refractivity contribution in [2.24, 2.45) is 4.99 Å². The summed E-state index contributed by atoms with van der Waals surface area (Å²) in [6.45, 7) is 6.66. The van der Waals surface area contributed by atoms with Crippen LogP contribution in [0.3, 0.4) is 0 Å². The van der Waals surface area contributed by atoms with E-state index in [1.165, 1.54) is 0 Å². The van der Waals surface area contributed by atoms with E-state index in [4.69, 9.17) is 0 Å². The molecule has 7 heteroatoms. The Balaban J connectivity index is 1.70. The van der Waals surface area contributed by atoms with E-state index in [1.807, 2.05) is 42.6 Å². The second-order valence-corrected chi connectivity index (χ2v) is 7.17. The van der Waals surface area contributed by atoms with E-state index in [0.717, 1.165) is 49.1 Å². The molecule has 2 aromatic rings. The van der Waals surface area contributed by atoms with Crippen LogP contribution in [0, 0.1) is 0 Å². The number of rotatable bonds is 10. The van der Waals surface area contributed by atoms with Crippen molar-refractivity contribution in [1.82, 2.24) is 15.6 Å². The van der Waals surface area contributed by atoms with E-state index >= 15 is 0 Å². The summed E-state index contributed by atoms with van der Waals surface area (Å²) < 4.78 is 0. The van der Waals surface area contributed by atoms with Gasteiger partial charge in [-0.25, -0.2) is 9.98 Å². The molecule has 0 aliphatic heterocycles. The Morgan fingerprint density at radius 1 is 1.19 bits per heavy atom. The van der Waals surface area contributed by atoms with Gasteiger partial charge in [0.15, 0.2) is 5.96 Å². The molecule has 0 aromatic carbocycles. The highest BCUT2D eigenvalue weighted by atomic mass is 32.1. The number of unbranched alkanes of at least 4 members (excludes halogenated alkanes) is 1. The number of pyridine rings is 1. The maximum atomic E-state index is 10.6. The van der Waals surface area contributed by atoms with Crippen LogP contribution in [0.1, 0.15) is 31.6 Å². The summed E-state index contributed by atoms with van der Waals surface area (Å²) in [6.07, 6.45) is 3.84. The van der Waals surface area contributed by atoms with Crippen LogP contribution in [-0.4, -0.2) is 42.2 Å². The molecule has 0 saturated carbocycles. The van der Waals surface area contributed by atoms with Gasteiger partial charge in [0.2, 0.25) is 0 Å². The number of thiophene rings is 1. The summed E-state index contributed by atoms with van der Waals surface area (Å²) in [5, 5.41) is 22.4. The van der Waals surface area contributed by atoms with Gasteiger partial charge in [-0.3, -0.25) is 0 Å². The Morgan fingerprint density at radius 2 is 2.04 bits per heavy atom. The number of aliphatic hydroxyl groups is 1. The fourth-order valence-electron chi connectivity index (χ4n) is 2.38. The molecule has 2 heterocycles. The van der Waals surface area contributed by atoms with E-state index in [1.54, 1.807) is 24.5 Å². The molecule has 0 spiro atoms. The smallest absolute Gasteiger partial charge is 0.191 e. The van der Waals surface area contributed by atoms with E-state index in [9.17, 15) is 5.11 Å². The van der Waals surface area contributed by atoms with Crippen LogP contribution in [0.4, 0.5) is 5.82 Å². The maximum Gasteiger partial charge on any atom is 0.191 e. The lowest BCUT2D eigenvalue weighted by Crippen LogP contribution is -2.39. The Bertz CT molecular complexity index is 643. The number of nitrogens with zero attached hydrogens (tertiary/aromatic N) is 2. The average Bonchev–Trinajstić information content (AvgIpc) is 3.19. The molecule has 0 aliphatic carbocycles. The highest BCUT2D eigenvalue weighted by molar-refractivity contribution is 7.10. The van der Waals surface area contributed by atoms with Gasteiger partial charge >= 0.3 is 0 Å². The van der Waals surface area contributed by atoms with Crippen molar-refractivity contribution in [2.45, 2.75) is 32.3 Å². The van der Waals surface area contributed by atoms with Crippen molar-refractivity contribution in [3.8, 4) is 0 Å². The second kappa shape index (κ2) is 10.8. The minimum absolute atomic E-state index is 0.323. The molecular weight excluding hydrogens is 346 g/mol. The van der Waals surface area contributed by atoms with Gasteiger partial charge in [-0.1, -0.05) is 12.1 Å². The van der Waals surface area contributed by atoms with Gasteiger partial charge in [0.25, 0.3) is 0 Å². The van der Waals surface area contributed by atoms with Crippen molar-refractivity contribution in [2.75, 3.05) is 31.5 Å². The van der Waals surface area contributed by atoms with Gasteiger partial charge in [-0.05, 0) is 50.3 Å². The van der Waals surface area contributed by atoms with Crippen LogP contribution in [-0.2, 0) is 5.60 Å². The lowest BCUT2D eigenvalue weighted by molar-refractivity contribution is 0.0711. The van der Waals surface area contributed by atoms with Crippen molar-refractivity contribution in [1.29, 1.82) is 0 Å². The molecule has 0 saturated heterocycles. The highest BCUT2D eigenvalue weighted by Gasteiger charge is 2.23. The van der Waals surface area contributed by atoms with Crippen molar-refractivity contribution in [3.05, 3.63) is 46.8 Å². The fraction of sp³-hybridized carbons (Fsp3) is 0.474. The third-order valence-electron chi connectivity index (χ3n) is 3.81. The number of anilines is 1. The Labute approximate surface area is 159 Å². The first-order valence-corrected chi connectivity index (χ1v) is 9.93. The standard InChI is InChI=1S/C19H29N5OS/c1-3-20-18(24-15-19(2,25)16-9-8-14-26-16)23-13-7-6-12-22-17-10-4-5-11-21-17/h4-5,8-11,14,25H,3,6-7,12-13,15H2,1-2H3,(H,21,22)(H2,20,23,24). The third kappa shape index (κ3) is 7.01. The van der Waals surface area contributed by atoms with E-state index in [0.29, 0.717) is 6.54 Å². The summed E-state index contributed by atoms with van der Waals surface area (Å²) in [6, 6.07) is 9.73. The van der Waals surface area contributed by atoms with E-state index in [2.05, 4.69) is 25.9 Å². The van der Waals surface area contributed by atoms with E-state index < -0.39 is 5.60 Å². The van der Waals surface area contributed by atoms with Crippen molar-refractivity contribution in [3.63, 3.8) is 0 Å². The first-order chi connectivity index (χ1) is 12.6. The van der Waals surface area contributed by atoms with Crippen LogP contribution >= 0.6 is 11.3 Å². The van der Waals surface area contributed by atoms with Crippen LogP contribution in [0.15, 0.2) is 46.9 Å². The summed E-state index contributed by atoms with van der Waals surface area (Å²) in [7, 11) is 0. The second-order valence-electron chi connectivity index (χ2n) is 6.22. The van der Waals surface area contributed by atoms with Gasteiger partial charge in [-0.15, -0.1) is 11.3 Å². The quantitative estimate of drug-likeness (QED) is 0.292. The molecule has 0 aliphatic rings. The molecule has 26 heavy (non-hydrogen) atoms. The predicted molar refractivity (Wildman–Crippen MR) is 110 cm³/mol. The highest BCUT2D eigenvalue weighted by Crippen LogP contribution is 2.25. The van der Waals surface area contributed by atoms with Gasteiger partial charge in [0, 0.05) is 30.7 Å². The number of guanidine groups is 1. The lowest BCUT2D eigenvalue weighted by atomic mass is 10.1. The van der Waals surface area contributed by atoms with Gasteiger partial charge in [0.05, 0.1) is 6.54 Å². The Kier molecular flexibility index (Phi) is 8.37. The lowest BCUT2D eigenvalue weighted by Gasteiger charge is -2.20. The first-order valence-electron chi connectivity index (χ1n) is 9.05. The fourth-order valence-corrected chi connectivity index (χ4v) is 3.16. The van der Waals surface area contributed by atoms with Crippen LogP contribution in [0.25, 0.3) is 0 Å². The molecule has 0 fully saturated rings. The summed E-state index contributed by atoms with van der Waals surface area (Å²) in [5.74, 6) is 1.65. The topological polar surface area (TPSA) is 81.6 Å². The van der Waals surface area contributed by atoms with Crippen LogP contribution in [0.5, 0.6) is 0 Å². The number of hydrogen-bond donors (Lipinski definition) is 4. The number of hydrogen-bond acceptors (Lipinski definition) is 5. The van der Waals surface area contributed by atoms with Crippen molar-refractivity contribution >= 4 is 23.1 Å². The van der Waals surface area contributed by atoms with E-state index in [-0.39, 0.29) is 0 Å². The molecule has 142 valence electrons. The first kappa shape index (κ1) is 20.2. The van der Waals surface area contributed by atoms with Gasteiger partial charge < -0.3 is 21.1 Å². The molecule has 0 amide bonds. The molecule has 0 radical (unpaired) electrons. The van der Waals surface area contributed by atoms with Crippen molar-refractivity contribution < 1.29 is 5.11 Å². The molecule has 1 unspecified atom stereocenters. The Morgan fingerprint density at radius 3 is 2.73 bits per heavy atom. The summed E-state index contributed by atoms with van der Waals surface area (Å²) >= 11 is 1.55. The number of aliphatic imine (C=N–C) groups is 1. The molecule has 6 nitrogen and oxygen atoms in total. The molecule has 2 rings (SSSR count). The zero-order valence-electron chi connectivity index (χ0n) is 15.5. The average molecular weight is 376 g/mol. The molecule has 4 N–H and O–H groups in total. The van der Waals surface area contributed by atoms with Crippen LogP contribution in [0.2, 0.25) is 0 Å². The minimum atomic E-state index is -0.941. The zero-order chi connectivity index (χ0) is 18.7. The molecular formula is C19H29N5OS. The molecule has 1 atom stereocenters. The largest absolute Gasteiger partial charge is 0.383 e. The van der Waals surface area contributed by atoms with Gasteiger partial charge in [0.1, 0.15) is 11.4 Å². The maximum absolute atomic E-state index is 10.6. The van der Waals surface area contributed by atoms with Crippen LogP contribution < -0.4 is 16.0 Å².